The van der Waals surface area contributed by atoms with Gasteiger partial charge in [-0.15, -0.1) is 0 Å². The van der Waals surface area contributed by atoms with Crippen LogP contribution in [0.4, 0.5) is 0 Å². The number of likely N-dealkylation sites (tertiary alicyclic amines) is 1. The van der Waals surface area contributed by atoms with Crippen molar-refractivity contribution in [3.05, 3.63) is 41.7 Å². The standard InChI is InChI=1S/C15H21N5/c1-2-15-16-7-5-13(18-15)11-20-9-3-4-12(10-20)14-6-8-17-19-14/h5-8,12H,2-4,9-11H2,1H3,(H,17,19). The number of nitrogens with zero attached hydrogens (tertiary/aromatic N) is 4. The van der Waals surface area contributed by atoms with Crippen LogP contribution in [0.5, 0.6) is 0 Å². The lowest BCUT2D eigenvalue weighted by Crippen LogP contribution is -2.34. The number of aromatic amines is 1. The zero-order valence-corrected chi connectivity index (χ0v) is 11.9. The molecular formula is C15H21N5. The van der Waals surface area contributed by atoms with E-state index in [0.717, 1.165) is 37.6 Å². The zero-order chi connectivity index (χ0) is 13.8. The maximum Gasteiger partial charge on any atom is 0.128 e. The summed E-state index contributed by atoms with van der Waals surface area (Å²) in [5.41, 5.74) is 2.38. The van der Waals surface area contributed by atoms with Crippen LogP contribution in [-0.2, 0) is 13.0 Å². The van der Waals surface area contributed by atoms with E-state index in [-0.39, 0.29) is 0 Å². The average molecular weight is 271 g/mol. The van der Waals surface area contributed by atoms with Crippen molar-refractivity contribution < 1.29 is 0 Å². The maximum absolute atomic E-state index is 4.60. The third kappa shape index (κ3) is 3.04. The molecule has 0 aromatic carbocycles. The number of hydrogen-bond acceptors (Lipinski definition) is 4. The molecule has 1 fully saturated rings. The van der Waals surface area contributed by atoms with Crippen molar-refractivity contribution in [2.24, 2.45) is 0 Å². The quantitative estimate of drug-likeness (QED) is 0.925. The highest BCUT2D eigenvalue weighted by Gasteiger charge is 2.22. The fourth-order valence-electron chi connectivity index (χ4n) is 2.88. The maximum atomic E-state index is 4.60. The molecule has 1 atom stereocenters. The van der Waals surface area contributed by atoms with E-state index in [4.69, 9.17) is 0 Å². The largest absolute Gasteiger partial charge is 0.297 e. The summed E-state index contributed by atoms with van der Waals surface area (Å²) in [5, 5.41) is 7.17. The Morgan fingerprint density at radius 3 is 3.10 bits per heavy atom. The Morgan fingerprint density at radius 2 is 2.30 bits per heavy atom. The van der Waals surface area contributed by atoms with Gasteiger partial charge < -0.3 is 0 Å². The number of rotatable bonds is 4. The van der Waals surface area contributed by atoms with E-state index in [9.17, 15) is 0 Å². The fraction of sp³-hybridized carbons (Fsp3) is 0.533. The third-order valence-electron chi connectivity index (χ3n) is 3.93. The van der Waals surface area contributed by atoms with Crippen molar-refractivity contribution in [2.75, 3.05) is 13.1 Å². The molecule has 1 aliphatic heterocycles. The summed E-state index contributed by atoms with van der Waals surface area (Å²) in [4.78, 5) is 11.3. The first kappa shape index (κ1) is 13.2. The molecular weight excluding hydrogens is 250 g/mol. The van der Waals surface area contributed by atoms with E-state index in [1.807, 2.05) is 18.5 Å². The van der Waals surface area contributed by atoms with E-state index in [1.165, 1.54) is 18.5 Å². The first-order valence-electron chi connectivity index (χ1n) is 7.37. The van der Waals surface area contributed by atoms with Gasteiger partial charge in [0.25, 0.3) is 0 Å². The molecule has 2 aromatic rings. The summed E-state index contributed by atoms with van der Waals surface area (Å²) in [5.74, 6) is 1.50. The number of H-pyrrole nitrogens is 1. The van der Waals surface area contributed by atoms with E-state index in [2.05, 4.69) is 38.1 Å². The van der Waals surface area contributed by atoms with Crippen molar-refractivity contribution in [1.82, 2.24) is 25.1 Å². The normalized spacial score (nSPS) is 20.1. The van der Waals surface area contributed by atoms with Crippen LogP contribution in [0, 0.1) is 0 Å². The van der Waals surface area contributed by atoms with Crippen LogP contribution in [0.15, 0.2) is 24.5 Å². The second-order valence-electron chi connectivity index (χ2n) is 5.40. The van der Waals surface area contributed by atoms with Gasteiger partial charge in [-0.1, -0.05) is 6.92 Å². The Kier molecular flexibility index (Phi) is 4.06. The van der Waals surface area contributed by atoms with Crippen molar-refractivity contribution in [2.45, 2.75) is 38.6 Å². The summed E-state index contributed by atoms with van der Waals surface area (Å²) in [7, 11) is 0. The smallest absolute Gasteiger partial charge is 0.128 e. The Labute approximate surface area is 119 Å². The van der Waals surface area contributed by atoms with Gasteiger partial charge in [0.15, 0.2) is 0 Å². The van der Waals surface area contributed by atoms with E-state index in [0.29, 0.717) is 5.92 Å². The minimum atomic E-state index is 0.568. The van der Waals surface area contributed by atoms with Gasteiger partial charge in [-0.05, 0) is 31.5 Å². The Bertz CT molecular complexity index is 537. The van der Waals surface area contributed by atoms with Crippen molar-refractivity contribution >= 4 is 0 Å². The van der Waals surface area contributed by atoms with Crippen LogP contribution < -0.4 is 0 Å². The molecule has 0 bridgehead atoms. The summed E-state index contributed by atoms with van der Waals surface area (Å²) in [6, 6.07) is 4.12. The van der Waals surface area contributed by atoms with Gasteiger partial charge in [0.1, 0.15) is 5.82 Å². The van der Waals surface area contributed by atoms with E-state index in [1.54, 1.807) is 0 Å². The lowest BCUT2D eigenvalue weighted by atomic mass is 9.95. The topological polar surface area (TPSA) is 57.7 Å². The van der Waals surface area contributed by atoms with Crippen LogP contribution in [-0.4, -0.2) is 38.2 Å². The molecule has 2 aromatic heterocycles. The van der Waals surface area contributed by atoms with Crippen molar-refractivity contribution in [1.29, 1.82) is 0 Å². The molecule has 0 saturated carbocycles. The second kappa shape index (κ2) is 6.13. The predicted octanol–water partition coefficient (Wildman–Crippen LogP) is 2.14. The number of aryl methyl sites for hydroxylation is 1. The molecule has 106 valence electrons. The number of piperidine rings is 1. The molecule has 3 heterocycles. The predicted molar refractivity (Wildman–Crippen MR) is 77.2 cm³/mol. The molecule has 20 heavy (non-hydrogen) atoms. The Balaban J connectivity index is 1.65. The minimum Gasteiger partial charge on any atom is -0.297 e. The Hall–Kier alpha value is -1.75. The first-order valence-corrected chi connectivity index (χ1v) is 7.37. The molecule has 5 nitrogen and oxygen atoms in total. The lowest BCUT2D eigenvalue weighted by molar-refractivity contribution is 0.196. The van der Waals surface area contributed by atoms with Crippen LogP contribution in [0.3, 0.4) is 0 Å². The monoisotopic (exact) mass is 271 g/mol. The highest BCUT2D eigenvalue weighted by Crippen LogP contribution is 2.25. The molecule has 0 aliphatic carbocycles. The highest BCUT2D eigenvalue weighted by atomic mass is 15.2. The highest BCUT2D eigenvalue weighted by molar-refractivity contribution is 5.08. The van der Waals surface area contributed by atoms with Crippen LogP contribution >= 0.6 is 0 Å². The number of hydrogen-bond donors (Lipinski definition) is 1. The average Bonchev–Trinajstić information content (AvgIpc) is 3.02. The van der Waals surface area contributed by atoms with Crippen molar-refractivity contribution in [3.63, 3.8) is 0 Å². The van der Waals surface area contributed by atoms with Crippen molar-refractivity contribution in [3.8, 4) is 0 Å². The summed E-state index contributed by atoms with van der Waals surface area (Å²) < 4.78 is 0. The van der Waals surface area contributed by atoms with Crippen LogP contribution in [0.1, 0.15) is 42.9 Å². The van der Waals surface area contributed by atoms with Gasteiger partial charge in [0, 0.05) is 43.5 Å². The fourth-order valence-corrected chi connectivity index (χ4v) is 2.88. The molecule has 1 aliphatic rings. The van der Waals surface area contributed by atoms with Gasteiger partial charge >= 0.3 is 0 Å². The van der Waals surface area contributed by atoms with Crippen LogP contribution in [0.25, 0.3) is 0 Å². The molecule has 3 rings (SSSR count). The van der Waals surface area contributed by atoms with Gasteiger partial charge in [0.05, 0.1) is 5.69 Å². The van der Waals surface area contributed by atoms with Crippen LogP contribution in [0.2, 0.25) is 0 Å². The minimum absolute atomic E-state index is 0.568. The lowest BCUT2D eigenvalue weighted by Gasteiger charge is -2.31. The zero-order valence-electron chi connectivity index (χ0n) is 11.9. The third-order valence-corrected chi connectivity index (χ3v) is 3.93. The molecule has 1 unspecified atom stereocenters. The van der Waals surface area contributed by atoms with Gasteiger partial charge in [-0.25, -0.2) is 9.97 Å². The summed E-state index contributed by atoms with van der Waals surface area (Å²) in [6.07, 6.45) is 7.08. The summed E-state index contributed by atoms with van der Waals surface area (Å²) in [6.45, 7) is 5.23. The molecule has 0 spiro atoms. The summed E-state index contributed by atoms with van der Waals surface area (Å²) >= 11 is 0. The van der Waals surface area contributed by atoms with Gasteiger partial charge in [-0.3, -0.25) is 10.00 Å². The second-order valence-corrected chi connectivity index (χ2v) is 5.40. The molecule has 1 N–H and O–H groups in total. The molecule has 0 amide bonds. The van der Waals surface area contributed by atoms with E-state index >= 15 is 0 Å². The molecule has 5 heteroatoms. The number of aromatic nitrogens is 4. The molecule has 1 saturated heterocycles. The number of nitrogens with one attached hydrogen (secondary N) is 1. The Morgan fingerprint density at radius 1 is 1.35 bits per heavy atom. The van der Waals surface area contributed by atoms with E-state index < -0.39 is 0 Å². The first-order chi connectivity index (χ1) is 9.85. The SMILES string of the molecule is CCc1nccc(CN2CCCC(c3ccn[nH]3)C2)n1. The molecule has 0 radical (unpaired) electrons. The van der Waals surface area contributed by atoms with Gasteiger partial charge in [-0.2, -0.15) is 5.10 Å². The van der Waals surface area contributed by atoms with Gasteiger partial charge in [0.2, 0.25) is 0 Å².